The second-order valence-electron chi connectivity index (χ2n) is 5.69. The van der Waals surface area contributed by atoms with Gasteiger partial charge in [-0.15, -0.1) is 11.3 Å². The zero-order valence-electron chi connectivity index (χ0n) is 14.3. The van der Waals surface area contributed by atoms with Crippen LogP contribution in [-0.2, 0) is 0 Å². The van der Waals surface area contributed by atoms with Crippen molar-refractivity contribution in [1.29, 1.82) is 0 Å². The summed E-state index contributed by atoms with van der Waals surface area (Å²) < 4.78 is 4.64. The van der Waals surface area contributed by atoms with Gasteiger partial charge in [-0.2, -0.15) is 5.10 Å². The molecule has 4 aromatic rings. The molecule has 0 aliphatic carbocycles. The summed E-state index contributed by atoms with van der Waals surface area (Å²) in [5, 5.41) is 16.0. The molecule has 0 fully saturated rings. The number of rotatable bonds is 5. The van der Waals surface area contributed by atoms with Crippen LogP contribution in [0.5, 0.6) is 0 Å². The van der Waals surface area contributed by atoms with E-state index in [1.54, 1.807) is 54.6 Å². The third-order valence-corrected chi connectivity index (χ3v) is 4.69. The van der Waals surface area contributed by atoms with Gasteiger partial charge in [-0.3, -0.25) is 9.59 Å². The predicted octanol–water partition coefficient (Wildman–Crippen LogP) is 3.30. The number of hydrogen-bond acceptors (Lipinski definition) is 7. The fourth-order valence-corrected chi connectivity index (χ4v) is 3.11. The molecule has 0 unspecified atom stereocenters. The maximum absolute atomic E-state index is 12.5. The van der Waals surface area contributed by atoms with E-state index in [9.17, 15) is 9.59 Å². The van der Waals surface area contributed by atoms with Crippen molar-refractivity contribution in [3.63, 3.8) is 0 Å². The molecule has 2 aromatic heterocycles. The number of amides is 2. The Morgan fingerprint density at radius 3 is 2.71 bits per heavy atom. The molecule has 0 bridgehead atoms. The molecule has 2 N–H and O–H groups in total. The molecule has 9 heteroatoms. The number of carbonyl (C=O) groups is 2. The number of benzene rings is 2. The molecule has 2 heterocycles. The first-order valence-electron chi connectivity index (χ1n) is 8.20. The van der Waals surface area contributed by atoms with Gasteiger partial charge in [0.2, 0.25) is 0 Å². The van der Waals surface area contributed by atoms with Crippen LogP contribution in [0.1, 0.15) is 25.6 Å². The number of para-hydroxylation sites is 1. The lowest BCUT2D eigenvalue weighted by molar-refractivity contribution is 0.0956. The standard InChI is InChI=1S/C19H13N5O3S/c25-18(22-20-11-12-7-8-15-16(10-12)24-27-23-15)13-4-1-2-5-14(13)21-19(26)17-6-3-9-28-17/h1-11H,(H,21,26)(H,22,25)/b20-11+. The van der Waals surface area contributed by atoms with E-state index in [0.29, 0.717) is 27.2 Å². The highest BCUT2D eigenvalue weighted by Crippen LogP contribution is 2.18. The average Bonchev–Trinajstić information content (AvgIpc) is 3.40. The Hall–Kier alpha value is -3.85. The van der Waals surface area contributed by atoms with Crippen LogP contribution in [0.25, 0.3) is 11.0 Å². The summed E-state index contributed by atoms with van der Waals surface area (Å²) in [5.41, 5.74) is 5.13. The number of fused-ring (bicyclic) bond motifs is 1. The topological polar surface area (TPSA) is 109 Å². The normalized spacial score (nSPS) is 11.0. The van der Waals surface area contributed by atoms with Crippen molar-refractivity contribution in [2.45, 2.75) is 0 Å². The van der Waals surface area contributed by atoms with Gasteiger partial charge in [0.25, 0.3) is 11.8 Å². The van der Waals surface area contributed by atoms with Gasteiger partial charge in [0.05, 0.1) is 22.3 Å². The van der Waals surface area contributed by atoms with E-state index < -0.39 is 5.91 Å². The molecule has 4 rings (SSSR count). The molecule has 28 heavy (non-hydrogen) atoms. The molecule has 8 nitrogen and oxygen atoms in total. The van der Waals surface area contributed by atoms with Crippen LogP contribution in [0, 0.1) is 0 Å². The molecular weight excluding hydrogens is 378 g/mol. The van der Waals surface area contributed by atoms with Gasteiger partial charge >= 0.3 is 0 Å². The molecule has 0 aliphatic heterocycles. The van der Waals surface area contributed by atoms with E-state index in [0.717, 1.165) is 5.56 Å². The third-order valence-electron chi connectivity index (χ3n) is 3.82. The van der Waals surface area contributed by atoms with Crippen molar-refractivity contribution < 1.29 is 14.2 Å². The van der Waals surface area contributed by atoms with Gasteiger partial charge in [-0.25, -0.2) is 10.1 Å². The van der Waals surface area contributed by atoms with Crippen LogP contribution in [0.2, 0.25) is 0 Å². The molecule has 0 saturated carbocycles. The Balaban J connectivity index is 1.46. The van der Waals surface area contributed by atoms with Gasteiger partial charge < -0.3 is 5.32 Å². The average molecular weight is 391 g/mol. The Morgan fingerprint density at radius 2 is 1.86 bits per heavy atom. The van der Waals surface area contributed by atoms with E-state index in [4.69, 9.17) is 0 Å². The minimum atomic E-state index is -0.442. The van der Waals surface area contributed by atoms with Gasteiger partial charge in [0.15, 0.2) is 0 Å². The molecule has 2 amide bonds. The fourth-order valence-electron chi connectivity index (χ4n) is 2.49. The van der Waals surface area contributed by atoms with Crippen molar-refractivity contribution in [3.05, 3.63) is 76.0 Å². The second kappa shape index (κ2) is 7.80. The fraction of sp³-hybridized carbons (Fsp3) is 0. The van der Waals surface area contributed by atoms with Gasteiger partial charge in [0.1, 0.15) is 11.0 Å². The first-order valence-corrected chi connectivity index (χ1v) is 9.08. The summed E-state index contributed by atoms with van der Waals surface area (Å²) in [6.45, 7) is 0. The number of carbonyl (C=O) groups excluding carboxylic acids is 2. The lowest BCUT2D eigenvalue weighted by Gasteiger charge is -2.09. The third kappa shape index (κ3) is 3.79. The summed E-state index contributed by atoms with van der Waals surface area (Å²) in [4.78, 5) is 25.3. The summed E-state index contributed by atoms with van der Waals surface area (Å²) in [7, 11) is 0. The van der Waals surface area contributed by atoms with Crippen LogP contribution in [0.15, 0.2) is 69.7 Å². The van der Waals surface area contributed by atoms with E-state index >= 15 is 0 Å². The lowest BCUT2D eigenvalue weighted by Crippen LogP contribution is -2.21. The maximum atomic E-state index is 12.5. The zero-order valence-corrected chi connectivity index (χ0v) is 15.1. The van der Waals surface area contributed by atoms with Crippen LogP contribution in [0.4, 0.5) is 5.69 Å². The van der Waals surface area contributed by atoms with Crippen molar-refractivity contribution in [2.75, 3.05) is 5.32 Å². The van der Waals surface area contributed by atoms with Crippen LogP contribution >= 0.6 is 11.3 Å². The van der Waals surface area contributed by atoms with Crippen LogP contribution in [0.3, 0.4) is 0 Å². The molecule has 2 aromatic carbocycles. The lowest BCUT2D eigenvalue weighted by atomic mass is 10.1. The van der Waals surface area contributed by atoms with Gasteiger partial charge in [-0.05, 0) is 51.6 Å². The smallest absolute Gasteiger partial charge is 0.273 e. The van der Waals surface area contributed by atoms with Gasteiger partial charge in [-0.1, -0.05) is 24.3 Å². The monoisotopic (exact) mass is 391 g/mol. The highest BCUT2D eigenvalue weighted by atomic mass is 32.1. The Bertz CT molecular complexity index is 1170. The SMILES string of the molecule is O=C(Nc1ccccc1C(=O)N/N=C/c1ccc2nonc2c1)c1cccs1. The quantitative estimate of drug-likeness (QED) is 0.401. The molecular formula is C19H13N5O3S. The molecule has 0 spiro atoms. The zero-order chi connectivity index (χ0) is 19.3. The number of anilines is 1. The maximum Gasteiger partial charge on any atom is 0.273 e. The molecule has 138 valence electrons. The summed E-state index contributed by atoms with van der Waals surface area (Å²) in [6, 6.07) is 15.5. The largest absolute Gasteiger partial charge is 0.321 e. The molecule has 0 radical (unpaired) electrons. The van der Waals surface area contributed by atoms with E-state index in [-0.39, 0.29) is 5.91 Å². The molecule has 0 aliphatic rings. The van der Waals surface area contributed by atoms with Crippen molar-refractivity contribution in [3.8, 4) is 0 Å². The van der Waals surface area contributed by atoms with E-state index in [1.807, 2.05) is 5.38 Å². The Kier molecular flexibility index (Phi) is 4.89. The van der Waals surface area contributed by atoms with Gasteiger partial charge in [0, 0.05) is 0 Å². The highest BCUT2D eigenvalue weighted by molar-refractivity contribution is 7.12. The van der Waals surface area contributed by atoms with Crippen LogP contribution in [-0.4, -0.2) is 28.3 Å². The minimum Gasteiger partial charge on any atom is -0.321 e. The second-order valence-corrected chi connectivity index (χ2v) is 6.64. The molecule has 0 atom stereocenters. The summed E-state index contributed by atoms with van der Waals surface area (Å²) in [5.74, 6) is -0.712. The summed E-state index contributed by atoms with van der Waals surface area (Å²) in [6.07, 6.45) is 1.48. The van der Waals surface area contributed by atoms with Crippen molar-refractivity contribution in [1.82, 2.24) is 15.7 Å². The van der Waals surface area contributed by atoms with Crippen molar-refractivity contribution >= 4 is 46.1 Å². The first-order chi connectivity index (χ1) is 13.7. The Labute approximate surface area is 162 Å². The number of aromatic nitrogens is 2. The number of thiophene rings is 1. The van der Waals surface area contributed by atoms with E-state index in [2.05, 4.69) is 30.8 Å². The number of hydrazone groups is 1. The number of nitrogens with zero attached hydrogens (tertiary/aromatic N) is 3. The number of nitrogens with one attached hydrogen (secondary N) is 2. The summed E-state index contributed by atoms with van der Waals surface area (Å²) >= 11 is 1.33. The molecule has 0 saturated heterocycles. The Morgan fingerprint density at radius 1 is 1.00 bits per heavy atom. The minimum absolute atomic E-state index is 0.270. The predicted molar refractivity (Wildman–Crippen MR) is 106 cm³/mol. The van der Waals surface area contributed by atoms with Crippen molar-refractivity contribution in [2.24, 2.45) is 5.10 Å². The van der Waals surface area contributed by atoms with Crippen LogP contribution < -0.4 is 10.7 Å². The number of hydrogen-bond donors (Lipinski definition) is 2. The van der Waals surface area contributed by atoms with E-state index in [1.165, 1.54) is 17.6 Å². The highest BCUT2D eigenvalue weighted by Gasteiger charge is 2.14. The first kappa shape index (κ1) is 17.6.